The van der Waals surface area contributed by atoms with Gasteiger partial charge in [-0.05, 0) is 62.2 Å². The molecular weight excluding hydrogens is 470 g/mol. The molecule has 1 aromatic heterocycles. The molecule has 192 valence electrons. The van der Waals surface area contributed by atoms with Crippen LogP contribution in [0.4, 0.5) is 5.69 Å². The second-order valence-corrected chi connectivity index (χ2v) is 9.53. The fourth-order valence-corrected chi connectivity index (χ4v) is 5.33. The Balaban J connectivity index is 1.48. The third-order valence-corrected chi connectivity index (χ3v) is 7.28. The van der Waals surface area contributed by atoms with Crippen molar-refractivity contribution in [2.24, 2.45) is 0 Å². The van der Waals surface area contributed by atoms with Gasteiger partial charge in [-0.15, -0.1) is 0 Å². The van der Waals surface area contributed by atoms with Crippen molar-refractivity contribution >= 4 is 17.4 Å². The lowest BCUT2D eigenvalue weighted by Crippen LogP contribution is -2.54. The zero-order valence-electron chi connectivity index (χ0n) is 21.4. The standard InChI is InChI=1S/C29H31N3O5/c1-19-18-30(14-15-31(19)21-6-4-7-23(16-21)37-3)28(34)25-17-24-26(8-5-9-27(24)33)32(29(25)35)20-10-12-22(36-2)13-11-20/h4,6-7,10-13,16-17,19H,5,8-9,14-15,18H2,1-3H3. The van der Waals surface area contributed by atoms with Gasteiger partial charge >= 0.3 is 0 Å². The Morgan fingerprint density at radius 1 is 0.892 bits per heavy atom. The summed E-state index contributed by atoms with van der Waals surface area (Å²) < 4.78 is 12.2. The number of nitrogens with zero attached hydrogens (tertiary/aromatic N) is 3. The van der Waals surface area contributed by atoms with Gasteiger partial charge in [0.1, 0.15) is 17.1 Å². The highest BCUT2D eigenvalue weighted by Crippen LogP contribution is 2.27. The van der Waals surface area contributed by atoms with E-state index in [0.717, 1.165) is 11.4 Å². The Bertz CT molecular complexity index is 1400. The van der Waals surface area contributed by atoms with Gasteiger partial charge in [-0.2, -0.15) is 0 Å². The van der Waals surface area contributed by atoms with Crippen molar-refractivity contribution in [2.75, 3.05) is 38.8 Å². The molecule has 0 N–H and O–H groups in total. The van der Waals surface area contributed by atoms with Gasteiger partial charge in [0.2, 0.25) is 0 Å². The van der Waals surface area contributed by atoms with Crippen molar-refractivity contribution < 1.29 is 19.1 Å². The number of fused-ring (bicyclic) bond motifs is 1. The number of methoxy groups -OCH3 is 2. The minimum absolute atomic E-state index is 0.0335. The van der Waals surface area contributed by atoms with E-state index in [1.807, 2.05) is 24.3 Å². The monoisotopic (exact) mass is 501 g/mol. The molecule has 37 heavy (non-hydrogen) atoms. The number of ether oxygens (including phenoxy) is 2. The van der Waals surface area contributed by atoms with E-state index in [-0.39, 0.29) is 23.3 Å². The van der Waals surface area contributed by atoms with E-state index in [0.29, 0.717) is 61.6 Å². The molecule has 2 heterocycles. The Morgan fingerprint density at radius 3 is 2.35 bits per heavy atom. The first kappa shape index (κ1) is 24.6. The number of anilines is 1. The summed E-state index contributed by atoms with van der Waals surface area (Å²) >= 11 is 0. The quantitative estimate of drug-likeness (QED) is 0.530. The normalized spacial score (nSPS) is 17.4. The lowest BCUT2D eigenvalue weighted by molar-refractivity contribution is 0.0724. The molecule has 5 rings (SSSR count). The largest absolute Gasteiger partial charge is 0.497 e. The molecule has 0 saturated carbocycles. The fourth-order valence-electron chi connectivity index (χ4n) is 5.33. The summed E-state index contributed by atoms with van der Waals surface area (Å²) in [5.41, 5.74) is 2.41. The fraction of sp³-hybridized carbons (Fsp3) is 0.345. The van der Waals surface area contributed by atoms with E-state index in [1.165, 1.54) is 10.6 Å². The van der Waals surface area contributed by atoms with Crippen molar-refractivity contribution in [3.63, 3.8) is 0 Å². The zero-order chi connectivity index (χ0) is 26.1. The van der Waals surface area contributed by atoms with Crippen molar-refractivity contribution in [1.29, 1.82) is 0 Å². The van der Waals surface area contributed by atoms with E-state index in [4.69, 9.17) is 9.47 Å². The van der Waals surface area contributed by atoms with Gasteiger partial charge in [-0.25, -0.2) is 0 Å². The molecule has 2 aromatic carbocycles. The second kappa shape index (κ2) is 10.1. The van der Waals surface area contributed by atoms with Crippen LogP contribution in [0.25, 0.3) is 5.69 Å². The molecule has 8 nitrogen and oxygen atoms in total. The van der Waals surface area contributed by atoms with Crippen LogP contribution in [0.1, 0.15) is 46.2 Å². The molecule has 0 radical (unpaired) electrons. The molecule has 3 aromatic rings. The van der Waals surface area contributed by atoms with Crippen LogP contribution < -0.4 is 19.9 Å². The Labute approximate surface area is 216 Å². The smallest absolute Gasteiger partial charge is 0.268 e. The van der Waals surface area contributed by atoms with Crippen LogP contribution in [-0.4, -0.2) is 61.1 Å². The van der Waals surface area contributed by atoms with Gasteiger partial charge in [-0.1, -0.05) is 6.07 Å². The molecule has 1 aliphatic carbocycles. The second-order valence-electron chi connectivity index (χ2n) is 9.53. The number of benzene rings is 2. The highest BCUT2D eigenvalue weighted by atomic mass is 16.5. The summed E-state index contributed by atoms with van der Waals surface area (Å²) in [6.07, 6.45) is 1.70. The molecule has 1 fully saturated rings. The molecule has 2 aliphatic rings. The highest BCUT2D eigenvalue weighted by Gasteiger charge is 2.32. The molecular formula is C29H31N3O5. The average molecular weight is 502 g/mol. The number of amides is 1. The van der Waals surface area contributed by atoms with Crippen LogP contribution in [-0.2, 0) is 6.42 Å². The molecule has 1 amide bonds. The summed E-state index contributed by atoms with van der Waals surface area (Å²) in [5.74, 6) is 1.07. The molecule has 0 bridgehead atoms. The van der Waals surface area contributed by atoms with Crippen LogP contribution in [0, 0.1) is 0 Å². The van der Waals surface area contributed by atoms with Crippen LogP contribution in [0.5, 0.6) is 11.5 Å². The lowest BCUT2D eigenvalue weighted by Gasteiger charge is -2.41. The first-order valence-corrected chi connectivity index (χ1v) is 12.6. The van der Waals surface area contributed by atoms with Gasteiger partial charge in [0.15, 0.2) is 5.78 Å². The maximum atomic E-state index is 13.8. The van der Waals surface area contributed by atoms with Crippen molar-refractivity contribution in [3.05, 3.63) is 81.8 Å². The average Bonchev–Trinajstić information content (AvgIpc) is 2.92. The van der Waals surface area contributed by atoms with Gasteiger partial charge in [0.05, 0.1) is 14.2 Å². The SMILES string of the molecule is COc1ccc(-n2c3c(cc(C(=O)N4CCN(c5cccc(OC)c5)C(C)C4)c2=O)C(=O)CCC3)cc1. The topological polar surface area (TPSA) is 81.1 Å². The number of pyridine rings is 1. The molecule has 0 spiro atoms. The van der Waals surface area contributed by atoms with Crippen LogP contribution >= 0.6 is 0 Å². The number of ketones is 1. The molecule has 1 aliphatic heterocycles. The first-order valence-electron chi connectivity index (χ1n) is 12.6. The highest BCUT2D eigenvalue weighted by molar-refractivity contribution is 6.02. The van der Waals surface area contributed by atoms with Crippen LogP contribution in [0.15, 0.2) is 59.4 Å². The molecule has 1 atom stereocenters. The molecule has 1 unspecified atom stereocenters. The van der Waals surface area contributed by atoms with E-state index < -0.39 is 5.56 Å². The summed E-state index contributed by atoms with van der Waals surface area (Å²) in [6, 6.07) is 16.5. The summed E-state index contributed by atoms with van der Waals surface area (Å²) in [5, 5.41) is 0. The zero-order valence-corrected chi connectivity index (χ0v) is 21.4. The predicted molar refractivity (Wildman–Crippen MR) is 142 cm³/mol. The molecule has 8 heteroatoms. The van der Waals surface area contributed by atoms with Crippen molar-refractivity contribution in [2.45, 2.75) is 32.2 Å². The van der Waals surface area contributed by atoms with E-state index >= 15 is 0 Å². The van der Waals surface area contributed by atoms with Gasteiger partial charge in [0, 0.05) is 60.8 Å². The number of carbonyl (C=O) groups is 2. The van der Waals surface area contributed by atoms with Gasteiger partial charge in [-0.3, -0.25) is 19.0 Å². The van der Waals surface area contributed by atoms with E-state index in [1.54, 1.807) is 43.4 Å². The number of hydrogen-bond donors (Lipinski definition) is 0. The number of piperazine rings is 1. The summed E-state index contributed by atoms with van der Waals surface area (Å²) in [6.45, 7) is 3.61. The van der Waals surface area contributed by atoms with Crippen molar-refractivity contribution in [1.82, 2.24) is 9.47 Å². The number of rotatable bonds is 5. The maximum absolute atomic E-state index is 13.8. The number of hydrogen-bond acceptors (Lipinski definition) is 6. The van der Waals surface area contributed by atoms with Gasteiger partial charge < -0.3 is 19.3 Å². The summed E-state index contributed by atoms with van der Waals surface area (Å²) in [7, 11) is 3.22. The number of carbonyl (C=O) groups excluding carboxylic acids is 2. The maximum Gasteiger partial charge on any atom is 0.268 e. The van der Waals surface area contributed by atoms with Crippen molar-refractivity contribution in [3.8, 4) is 17.2 Å². The Kier molecular flexibility index (Phi) is 6.74. The molecule has 1 saturated heterocycles. The first-order chi connectivity index (χ1) is 17.9. The summed E-state index contributed by atoms with van der Waals surface area (Å²) in [4.78, 5) is 44.3. The Hall–Kier alpha value is -4.07. The van der Waals surface area contributed by atoms with E-state index in [9.17, 15) is 14.4 Å². The minimum Gasteiger partial charge on any atom is -0.497 e. The predicted octanol–water partition coefficient (Wildman–Crippen LogP) is 3.72. The third kappa shape index (κ3) is 4.59. The Morgan fingerprint density at radius 2 is 1.65 bits per heavy atom. The van der Waals surface area contributed by atoms with Crippen LogP contribution in [0.2, 0.25) is 0 Å². The number of aromatic nitrogens is 1. The number of Topliss-reactive ketones (excluding diaryl/α,β-unsaturated/α-hetero) is 1. The van der Waals surface area contributed by atoms with Crippen LogP contribution in [0.3, 0.4) is 0 Å². The lowest BCUT2D eigenvalue weighted by atomic mass is 9.92. The van der Waals surface area contributed by atoms with Gasteiger partial charge in [0.25, 0.3) is 11.5 Å². The van der Waals surface area contributed by atoms with E-state index in [2.05, 4.69) is 11.8 Å². The third-order valence-electron chi connectivity index (χ3n) is 7.28. The minimum atomic E-state index is -0.397.